The highest BCUT2D eigenvalue weighted by atomic mass is 16.5. The van der Waals surface area contributed by atoms with Gasteiger partial charge in [-0.05, 0) is 78.9 Å². The van der Waals surface area contributed by atoms with Crippen LogP contribution in [0, 0.1) is 11.8 Å². The van der Waals surface area contributed by atoms with Crippen molar-refractivity contribution in [3.8, 4) is 23.0 Å². The fourth-order valence-electron chi connectivity index (χ4n) is 7.40. The molecule has 0 radical (unpaired) electrons. The van der Waals surface area contributed by atoms with E-state index >= 15 is 0 Å². The van der Waals surface area contributed by atoms with E-state index in [0.717, 1.165) is 72.2 Å². The van der Waals surface area contributed by atoms with Gasteiger partial charge in [0.15, 0.2) is 0 Å². The molecule has 1 amide bonds. The first-order chi connectivity index (χ1) is 23.9. The predicted molar refractivity (Wildman–Crippen MR) is 191 cm³/mol. The quantitative estimate of drug-likeness (QED) is 0.165. The van der Waals surface area contributed by atoms with E-state index in [2.05, 4.69) is 30.0 Å². The van der Waals surface area contributed by atoms with Crippen LogP contribution in [-0.4, -0.2) is 68.5 Å². The van der Waals surface area contributed by atoms with Gasteiger partial charge in [0, 0.05) is 38.1 Å². The van der Waals surface area contributed by atoms with E-state index in [9.17, 15) is 9.90 Å². The standard InChI is InChI=1S/C40H45N5O4/c1-28-24-45(40(46)47)22-19-33(28)25-44-20-17-31(18-21-44)32-13-14-34-36(23-32)43(2)42-38(34)35-15-16-37(48-26-29-9-5-3-6-10-29)41-39(35)49-27-30-11-7-4-8-12-30/h3-16,23,28,31,33H,17-22,24-27H2,1-2H3,(H,46,47)/t28-,33+/m1/s1. The molecule has 2 aliphatic heterocycles. The highest BCUT2D eigenvalue weighted by Crippen LogP contribution is 2.38. The average Bonchev–Trinajstić information content (AvgIpc) is 3.46. The molecule has 4 heterocycles. The third kappa shape index (κ3) is 7.57. The van der Waals surface area contributed by atoms with Crippen molar-refractivity contribution in [3.05, 3.63) is 108 Å². The van der Waals surface area contributed by atoms with Crippen molar-refractivity contribution in [3.63, 3.8) is 0 Å². The molecular weight excluding hydrogens is 614 g/mol. The summed E-state index contributed by atoms with van der Waals surface area (Å²) < 4.78 is 14.4. The van der Waals surface area contributed by atoms with Gasteiger partial charge in [-0.15, -0.1) is 0 Å². The maximum absolute atomic E-state index is 11.4. The Bertz CT molecular complexity index is 1870. The normalized spacial score (nSPS) is 18.9. The minimum atomic E-state index is -0.792. The number of nitrogens with zero attached hydrogens (tertiary/aromatic N) is 5. The van der Waals surface area contributed by atoms with Crippen molar-refractivity contribution in [1.29, 1.82) is 0 Å². The Morgan fingerprint density at radius 1 is 0.857 bits per heavy atom. The highest BCUT2D eigenvalue weighted by molar-refractivity contribution is 5.95. The van der Waals surface area contributed by atoms with Gasteiger partial charge in [-0.1, -0.05) is 79.7 Å². The molecule has 0 spiro atoms. The average molecular weight is 660 g/mol. The highest BCUT2D eigenvalue weighted by Gasteiger charge is 2.31. The number of likely N-dealkylation sites (tertiary alicyclic amines) is 2. The van der Waals surface area contributed by atoms with Crippen LogP contribution >= 0.6 is 0 Å². The van der Waals surface area contributed by atoms with E-state index in [4.69, 9.17) is 19.6 Å². The summed E-state index contributed by atoms with van der Waals surface area (Å²) in [4.78, 5) is 20.4. The molecule has 2 saturated heterocycles. The van der Waals surface area contributed by atoms with Crippen LogP contribution in [0.25, 0.3) is 22.2 Å². The number of hydrogen-bond acceptors (Lipinski definition) is 6. The van der Waals surface area contributed by atoms with E-state index in [1.165, 1.54) is 5.56 Å². The van der Waals surface area contributed by atoms with Crippen molar-refractivity contribution in [1.82, 2.24) is 24.6 Å². The van der Waals surface area contributed by atoms with Gasteiger partial charge in [-0.3, -0.25) is 4.68 Å². The lowest BCUT2D eigenvalue weighted by molar-refractivity contribution is 0.0789. The van der Waals surface area contributed by atoms with E-state index in [1.807, 2.05) is 84.5 Å². The summed E-state index contributed by atoms with van der Waals surface area (Å²) in [5.41, 5.74) is 6.25. The van der Waals surface area contributed by atoms with Crippen LogP contribution in [0.4, 0.5) is 4.79 Å². The zero-order valence-electron chi connectivity index (χ0n) is 28.4. The van der Waals surface area contributed by atoms with Gasteiger partial charge in [0.25, 0.3) is 0 Å². The summed E-state index contributed by atoms with van der Waals surface area (Å²) in [6.45, 7) is 7.50. The molecule has 254 valence electrons. The lowest BCUT2D eigenvalue weighted by Crippen LogP contribution is -2.46. The molecule has 0 saturated carbocycles. The molecule has 0 aliphatic carbocycles. The van der Waals surface area contributed by atoms with Gasteiger partial charge in [0.1, 0.15) is 18.9 Å². The molecule has 2 atom stereocenters. The maximum atomic E-state index is 11.4. The summed E-state index contributed by atoms with van der Waals surface area (Å²) in [5.74, 6) is 2.44. The van der Waals surface area contributed by atoms with Gasteiger partial charge in [-0.2, -0.15) is 10.1 Å². The second kappa shape index (κ2) is 14.7. The monoisotopic (exact) mass is 659 g/mol. The SMILES string of the molecule is C[C@@H]1CN(C(=O)O)CC[C@H]1CN1CCC(c2ccc3c(-c4ccc(OCc5ccccc5)nc4OCc4ccccc4)nn(C)c3c2)CC1. The Balaban J connectivity index is 1.07. The summed E-state index contributed by atoms with van der Waals surface area (Å²) >= 11 is 0. The van der Waals surface area contributed by atoms with Crippen molar-refractivity contribution < 1.29 is 19.4 Å². The number of carboxylic acid groups (broad SMARTS) is 1. The number of carbonyl (C=O) groups is 1. The summed E-state index contributed by atoms with van der Waals surface area (Å²) in [5, 5.41) is 15.4. The number of aryl methyl sites for hydroxylation is 1. The minimum Gasteiger partial charge on any atom is -0.473 e. The van der Waals surface area contributed by atoms with Crippen molar-refractivity contribution in [2.75, 3.05) is 32.7 Å². The molecule has 9 heteroatoms. The number of fused-ring (bicyclic) bond motifs is 1. The third-order valence-electron chi connectivity index (χ3n) is 10.3. The molecule has 2 aromatic heterocycles. The number of pyridine rings is 1. The first-order valence-electron chi connectivity index (χ1n) is 17.4. The zero-order valence-corrected chi connectivity index (χ0v) is 28.4. The maximum Gasteiger partial charge on any atom is 0.407 e. The lowest BCUT2D eigenvalue weighted by atomic mass is 9.84. The van der Waals surface area contributed by atoms with E-state index < -0.39 is 6.09 Å². The fraction of sp³-hybridized carbons (Fsp3) is 0.375. The smallest absolute Gasteiger partial charge is 0.407 e. The topological polar surface area (TPSA) is 93.0 Å². The van der Waals surface area contributed by atoms with Crippen LogP contribution in [0.3, 0.4) is 0 Å². The number of rotatable bonds is 10. The number of benzene rings is 3. The van der Waals surface area contributed by atoms with E-state index in [1.54, 1.807) is 4.90 Å². The molecule has 9 nitrogen and oxygen atoms in total. The molecular formula is C40H45N5O4. The largest absolute Gasteiger partial charge is 0.473 e. The molecule has 0 unspecified atom stereocenters. The van der Waals surface area contributed by atoms with Crippen LogP contribution in [0.1, 0.15) is 48.8 Å². The van der Waals surface area contributed by atoms with Gasteiger partial charge in [0.2, 0.25) is 11.8 Å². The second-order valence-electron chi connectivity index (χ2n) is 13.6. The van der Waals surface area contributed by atoms with E-state index in [0.29, 0.717) is 55.8 Å². The minimum absolute atomic E-state index is 0.386. The first kappa shape index (κ1) is 32.6. The van der Waals surface area contributed by atoms with Crippen LogP contribution in [0.5, 0.6) is 11.8 Å². The Morgan fingerprint density at radius 2 is 1.55 bits per heavy atom. The van der Waals surface area contributed by atoms with Gasteiger partial charge >= 0.3 is 6.09 Å². The number of hydrogen-bond donors (Lipinski definition) is 1. The molecule has 3 aromatic carbocycles. The Labute approximate surface area is 288 Å². The van der Waals surface area contributed by atoms with Crippen molar-refractivity contribution >= 4 is 17.0 Å². The summed E-state index contributed by atoms with van der Waals surface area (Å²) in [6.07, 6.45) is 2.39. The first-order valence-corrected chi connectivity index (χ1v) is 17.4. The molecule has 49 heavy (non-hydrogen) atoms. The Hall–Kier alpha value is -4.89. The molecule has 1 N–H and O–H groups in total. The Morgan fingerprint density at radius 3 is 2.22 bits per heavy atom. The van der Waals surface area contributed by atoms with Gasteiger partial charge < -0.3 is 24.4 Å². The van der Waals surface area contributed by atoms with Crippen molar-refractivity contribution in [2.24, 2.45) is 18.9 Å². The number of ether oxygens (including phenoxy) is 2. The molecule has 7 rings (SSSR count). The number of amides is 1. The van der Waals surface area contributed by atoms with Crippen LogP contribution in [0.2, 0.25) is 0 Å². The third-order valence-corrected chi connectivity index (χ3v) is 10.3. The lowest BCUT2D eigenvalue weighted by Gasteiger charge is -2.40. The van der Waals surface area contributed by atoms with Crippen molar-refractivity contribution in [2.45, 2.75) is 45.3 Å². The summed E-state index contributed by atoms with van der Waals surface area (Å²) in [7, 11) is 2.00. The van der Waals surface area contributed by atoms with E-state index in [-0.39, 0.29) is 0 Å². The van der Waals surface area contributed by atoms with Gasteiger partial charge in [0.05, 0.1) is 11.1 Å². The number of piperidine rings is 2. The Kier molecular flexibility index (Phi) is 9.80. The summed E-state index contributed by atoms with van der Waals surface area (Å²) in [6, 6.07) is 30.9. The molecule has 2 aliphatic rings. The van der Waals surface area contributed by atoms with Gasteiger partial charge in [-0.25, -0.2) is 4.79 Å². The predicted octanol–water partition coefficient (Wildman–Crippen LogP) is 7.61. The molecule has 0 bridgehead atoms. The number of aromatic nitrogens is 3. The molecule has 5 aromatic rings. The fourth-order valence-corrected chi connectivity index (χ4v) is 7.40. The van der Waals surface area contributed by atoms with Crippen LogP contribution in [-0.2, 0) is 20.3 Å². The molecule has 2 fully saturated rings. The van der Waals surface area contributed by atoms with Crippen LogP contribution < -0.4 is 9.47 Å². The second-order valence-corrected chi connectivity index (χ2v) is 13.6. The van der Waals surface area contributed by atoms with Crippen LogP contribution in [0.15, 0.2) is 91.0 Å². The zero-order chi connectivity index (χ0) is 33.7.